The third-order valence-corrected chi connectivity index (χ3v) is 2.55. The van der Waals surface area contributed by atoms with Crippen LogP contribution >= 0.6 is 0 Å². The van der Waals surface area contributed by atoms with Crippen molar-refractivity contribution >= 4 is 7.85 Å². The molecule has 104 valence electrons. The van der Waals surface area contributed by atoms with Crippen LogP contribution in [-0.4, -0.2) is 20.0 Å². The quantitative estimate of drug-likeness (QED) is 0.653. The third-order valence-electron chi connectivity index (χ3n) is 2.55. The molecule has 0 amide bonds. The van der Waals surface area contributed by atoms with Gasteiger partial charge in [-0.05, 0) is 50.9 Å². The van der Waals surface area contributed by atoms with Crippen LogP contribution in [-0.2, 0) is 4.74 Å². The Balaban J connectivity index is 2.53. The molecule has 1 unspecified atom stereocenters. The summed E-state index contributed by atoms with van der Waals surface area (Å²) < 4.78 is 31.5. The van der Waals surface area contributed by atoms with E-state index in [4.69, 9.17) is 4.74 Å². The number of nitrogens with one attached hydrogen (secondary N) is 1. The molecule has 0 saturated carbocycles. The average Bonchev–Trinajstić information content (AvgIpc) is 2.27. The summed E-state index contributed by atoms with van der Waals surface area (Å²) in [5, 5.41) is 3.04. The van der Waals surface area contributed by atoms with Crippen molar-refractivity contribution < 1.29 is 13.5 Å². The first-order chi connectivity index (χ1) is 8.69. The zero-order chi connectivity index (χ0) is 14.6. The van der Waals surface area contributed by atoms with E-state index >= 15 is 0 Å². The van der Waals surface area contributed by atoms with Crippen molar-refractivity contribution in [3.05, 3.63) is 47.9 Å². The smallest absolute Gasteiger partial charge is 0.179 e. The SMILES string of the molecule is BC(CNC(=C)OC(C)(C)C)c1ccc(F)c(F)c1. The number of benzene rings is 1. The summed E-state index contributed by atoms with van der Waals surface area (Å²) in [5.41, 5.74) is 0.421. The minimum absolute atomic E-state index is 0.0235. The lowest BCUT2D eigenvalue weighted by atomic mass is 9.81. The summed E-state index contributed by atoms with van der Waals surface area (Å²) in [7, 11) is 1.92. The maximum Gasteiger partial charge on any atom is 0.179 e. The van der Waals surface area contributed by atoms with E-state index in [1.54, 1.807) is 6.07 Å². The molecule has 1 N–H and O–H groups in total. The maximum absolute atomic E-state index is 13.1. The molecule has 5 heteroatoms. The highest BCUT2D eigenvalue weighted by Gasteiger charge is 2.14. The van der Waals surface area contributed by atoms with E-state index in [1.165, 1.54) is 6.07 Å². The number of halogens is 2. The fraction of sp³-hybridized carbons (Fsp3) is 0.429. The van der Waals surface area contributed by atoms with Crippen molar-refractivity contribution in [3.8, 4) is 0 Å². The largest absolute Gasteiger partial charge is 0.474 e. The van der Waals surface area contributed by atoms with Crippen LogP contribution < -0.4 is 5.32 Å². The molecule has 0 spiro atoms. The molecule has 0 aliphatic carbocycles. The fourth-order valence-corrected chi connectivity index (χ4v) is 1.61. The molecular formula is C14H20BF2NO. The van der Waals surface area contributed by atoms with Crippen molar-refractivity contribution in [2.24, 2.45) is 0 Å². The van der Waals surface area contributed by atoms with Gasteiger partial charge in [-0.25, -0.2) is 8.78 Å². The molecule has 0 fully saturated rings. The van der Waals surface area contributed by atoms with Crippen molar-refractivity contribution in [2.45, 2.75) is 32.2 Å². The molecule has 0 heterocycles. The van der Waals surface area contributed by atoms with Gasteiger partial charge in [0.2, 0.25) is 0 Å². The van der Waals surface area contributed by atoms with E-state index in [0.29, 0.717) is 12.4 Å². The Morgan fingerprint density at radius 2 is 2.00 bits per heavy atom. The van der Waals surface area contributed by atoms with E-state index in [9.17, 15) is 8.78 Å². The lowest BCUT2D eigenvalue weighted by Gasteiger charge is -2.24. The number of rotatable bonds is 5. The van der Waals surface area contributed by atoms with Crippen LogP contribution in [0, 0.1) is 11.6 Å². The highest BCUT2D eigenvalue weighted by molar-refractivity contribution is 6.12. The molecule has 1 aromatic carbocycles. The molecule has 0 aliphatic heterocycles. The van der Waals surface area contributed by atoms with Crippen LogP contribution in [0.3, 0.4) is 0 Å². The van der Waals surface area contributed by atoms with Gasteiger partial charge in [0, 0.05) is 6.54 Å². The van der Waals surface area contributed by atoms with E-state index in [1.807, 2.05) is 28.6 Å². The van der Waals surface area contributed by atoms with Crippen molar-refractivity contribution in [1.82, 2.24) is 5.32 Å². The minimum Gasteiger partial charge on any atom is -0.474 e. The lowest BCUT2D eigenvalue weighted by molar-refractivity contribution is 0.0416. The van der Waals surface area contributed by atoms with E-state index < -0.39 is 11.6 Å². The topological polar surface area (TPSA) is 21.3 Å². The Hall–Kier alpha value is -1.52. The van der Waals surface area contributed by atoms with Crippen LogP contribution in [0.15, 0.2) is 30.7 Å². The van der Waals surface area contributed by atoms with Gasteiger partial charge in [-0.2, -0.15) is 0 Å². The van der Waals surface area contributed by atoms with Gasteiger partial charge < -0.3 is 10.1 Å². The molecule has 1 aromatic rings. The van der Waals surface area contributed by atoms with Gasteiger partial charge in [0.15, 0.2) is 17.5 Å². The first-order valence-corrected chi connectivity index (χ1v) is 6.26. The lowest BCUT2D eigenvalue weighted by Crippen LogP contribution is -2.28. The molecule has 0 bridgehead atoms. The van der Waals surface area contributed by atoms with Gasteiger partial charge >= 0.3 is 0 Å². The monoisotopic (exact) mass is 267 g/mol. The summed E-state index contributed by atoms with van der Waals surface area (Å²) in [5.74, 6) is -1.16. The molecule has 19 heavy (non-hydrogen) atoms. The van der Waals surface area contributed by atoms with Gasteiger partial charge in [-0.3, -0.25) is 0 Å². The molecule has 2 nitrogen and oxygen atoms in total. The summed E-state index contributed by atoms with van der Waals surface area (Å²) in [6, 6.07) is 3.94. The van der Waals surface area contributed by atoms with Gasteiger partial charge in [-0.1, -0.05) is 6.07 Å². The van der Waals surface area contributed by atoms with E-state index in [2.05, 4.69) is 11.9 Å². The van der Waals surface area contributed by atoms with Crippen LogP contribution in [0.1, 0.15) is 32.2 Å². The summed E-state index contributed by atoms with van der Waals surface area (Å²) in [4.78, 5) is 0. The Morgan fingerprint density at radius 1 is 1.37 bits per heavy atom. The molecule has 1 rings (SSSR count). The second kappa shape index (κ2) is 6.09. The van der Waals surface area contributed by atoms with Crippen LogP contribution in [0.4, 0.5) is 8.78 Å². The standard InChI is InChI=1S/C14H20BF2NO/c1-9(19-14(2,3)4)18-8-11(15)10-5-6-12(16)13(17)7-10/h5-7,11,18H,1,8,15H2,2-4H3. The Bertz CT molecular complexity index is 457. The predicted octanol–water partition coefficient (Wildman–Crippen LogP) is 2.51. The zero-order valence-electron chi connectivity index (χ0n) is 11.9. The van der Waals surface area contributed by atoms with Gasteiger partial charge in [0.1, 0.15) is 13.4 Å². The van der Waals surface area contributed by atoms with Crippen molar-refractivity contribution in [3.63, 3.8) is 0 Å². The fourth-order valence-electron chi connectivity index (χ4n) is 1.61. The van der Waals surface area contributed by atoms with E-state index in [-0.39, 0.29) is 11.4 Å². The molecule has 1 atom stereocenters. The second-order valence-electron chi connectivity index (χ2n) is 5.59. The predicted molar refractivity (Wildman–Crippen MR) is 75.6 cm³/mol. The van der Waals surface area contributed by atoms with Crippen molar-refractivity contribution in [1.29, 1.82) is 0 Å². The van der Waals surface area contributed by atoms with Gasteiger partial charge in [0.25, 0.3) is 0 Å². The molecule has 0 saturated heterocycles. The summed E-state index contributed by atoms with van der Waals surface area (Å²) >= 11 is 0. The number of hydrogen-bond acceptors (Lipinski definition) is 2. The Kier molecular flexibility index (Phi) is 4.98. The summed E-state index contributed by atoms with van der Waals surface area (Å²) in [6.07, 6.45) is 0. The normalized spacial score (nSPS) is 12.9. The minimum atomic E-state index is -0.829. The highest BCUT2D eigenvalue weighted by Crippen LogP contribution is 2.16. The second-order valence-corrected chi connectivity index (χ2v) is 5.59. The first kappa shape index (κ1) is 15.5. The number of hydrogen-bond donors (Lipinski definition) is 1. The highest BCUT2D eigenvalue weighted by atomic mass is 19.2. The van der Waals surface area contributed by atoms with Crippen LogP contribution in [0.2, 0.25) is 0 Å². The first-order valence-electron chi connectivity index (χ1n) is 6.26. The molecule has 0 radical (unpaired) electrons. The Morgan fingerprint density at radius 3 is 2.53 bits per heavy atom. The Labute approximate surface area is 114 Å². The van der Waals surface area contributed by atoms with Crippen LogP contribution in [0.25, 0.3) is 0 Å². The van der Waals surface area contributed by atoms with Gasteiger partial charge in [0.05, 0.1) is 0 Å². The van der Waals surface area contributed by atoms with Gasteiger partial charge in [-0.15, -0.1) is 0 Å². The summed E-state index contributed by atoms with van der Waals surface area (Å²) in [6.45, 7) is 10.1. The number of ether oxygens (including phenoxy) is 1. The van der Waals surface area contributed by atoms with Crippen molar-refractivity contribution in [2.75, 3.05) is 6.54 Å². The van der Waals surface area contributed by atoms with E-state index in [0.717, 1.165) is 11.6 Å². The zero-order valence-corrected chi connectivity index (χ0v) is 11.9. The third kappa shape index (κ3) is 5.33. The van der Waals surface area contributed by atoms with Crippen LogP contribution in [0.5, 0.6) is 0 Å². The molecule has 0 aromatic heterocycles. The molecular weight excluding hydrogens is 247 g/mol. The average molecular weight is 267 g/mol. The molecule has 0 aliphatic rings. The maximum atomic E-state index is 13.1.